The largest absolute Gasteiger partial charge is 0.307 e. The summed E-state index contributed by atoms with van der Waals surface area (Å²) >= 11 is 0. The maximum absolute atomic E-state index is 11.8. The topological polar surface area (TPSA) is 98.0 Å². The molecule has 19 heavy (non-hydrogen) atoms. The number of carbonyl (C=O) groups is 1. The Bertz CT molecular complexity index is 628. The molecule has 0 aromatic carbocycles. The zero-order valence-corrected chi connectivity index (χ0v) is 10.0. The van der Waals surface area contributed by atoms with E-state index in [2.05, 4.69) is 15.3 Å². The van der Waals surface area contributed by atoms with E-state index in [-0.39, 0.29) is 17.4 Å². The van der Waals surface area contributed by atoms with Crippen molar-refractivity contribution < 1.29 is 9.72 Å². The van der Waals surface area contributed by atoms with Crippen LogP contribution in [-0.4, -0.2) is 20.8 Å². The first-order valence-corrected chi connectivity index (χ1v) is 5.40. The average molecular weight is 258 g/mol. The molecule has 0 spiro atoms. The summed E-state index contributed by atoms with van der Waals surface area (Å²) in [6.45, 7) is 1.59. The number of carbonyl (C=O) groups excluding carboxylic acids is 1. The maximum Gasteiger partial charge on any atom is 0.290 e. The first kappa shape index (κ1) is 12.6. The quantitative estimate of drug-likeness (QED) is 0.670. The van der Waals surface area contributed by atoms with Gasteiger partial charge in [-0.3, -0.25) is 19.9 Å². The summed E-state index contributed by atoms with van der Waals surface area (Å²) in [6.07, 6.45) is 4.13. The van der Waals surface area contributed by atoms with Crippen LogP contribution >= 0.6 is 0 Å². The zero-order chi connectivity index (χ0) is 13.8. The van der Waals surface area contributed by atoms with Crippen molar-refractivity contribution in [2.45, 2.75) is 6.92 Å². The van der Waals surface area contributed by atoms with Crippen LogP contribution in [0.15, 0.2) is 36.8 Å². The molecule has 2 heterocycles. The number of aromatic nitrogens is 2. The summed E-state index contributed by atoms with van der Waals surface area (Å²) in [5, 5.41) is 13.2. The summed E-state index contributed by atoms with van der Waals surface area (Å²) in [4.78, 5) is 29.6. The van der Waals surface area contributed by atoms with E-state index in [1.807, 2.05) is 0 Å². The molecule has 7 nitrogen and oxygen atoms in total. The molecule has 1 amide bonds. The molecule has 2 rings (SSSR count). The Morgan fingerprint density at radius 2 is 2.05 bits per heavy atom. The second-order valence-electron chi connectivity index (χ2n) is 3.80. The highest BCUT2D eigenvalue weighted by atomic mass is 16.6. The normalized spacial score (nSPS) is 9.95. The first-order valence-electron chi connectivity index (χ1n) is 5.40. The Hall–Kier alpha value is -2.83. The van der Waals surface area contributed by atoms with E-state index in [1.165, 1.54) is 18.5 Å². The highest BCUT2D eigenvalue weighted by Gasteiger charge is 2.13. The smallest absolute Gasteiger partial charge is 0.290 e. The van der Waals surface area contributed by atoms with E-state index in [9.17, 15) is 14.9 Å². The van der Waals surface area contributed by atoms with Crippen molar-refractivity contribution in [2.24, 2.45) is 0 Å². The van der Waals surface area contributed by atoms with Gasteiger partial charge in [0, 0.05) is 23.5 Å². The van der Waals surface area contributed by atoms with Gasteiger partial charge < -0.3 is 5.32 Å². The van der Waals surface area contributed by atoms with Gasteiger partial charge in [-0.1, -0.05) is 0 Å². The maximum atomic E-state index is 11.8. The van der Waals surface area contributed by atoms with Gasteiger partial charge in [0.15, 0.2) is 0 Å². The van der Waals surface area contributed by atoms with Gasteiger partial charge in [0.05, 0.1) is 4.92 Å². The molecule has 0 radical (unpaired) electrons. The lowest BCUT2D eigenvalue weighted by Gasteiger charge is -2.05. The number of aryl methyl sites for hydroxylation is 1. The summed E-state index contributed by atoms with van der Waals surface area (Å²) in [5.74, 6) is -0.0759. The van der Waals surface area contributed by atoms with Gasteiger partial charge in [-0.25, -0.2) is 4.98 Å². The van der Waals surface area contributed by atoms with Gasteiger partial charge in [-0.15, -0.1) is 0 Å². The van der Waals surface area contributed by atoms with Crippen LogP contribution in [0.25, 0.3) is 0 Å². The van der Waals surface area contributed by atoms with Crippen LogP contribution in [0.1, 0.15) is 15.9 Å². The molecule has 0 aliphatic heterocycles. The molecule has 0 aliphatic carbocycles. The summed E-state index contributed by atoms with van der Waals surface area (Å²) < 4.78 is 0. The van der Waals surface area contributed by atoms with E-state index in [1.54, 1.807) is 19.1 Å². The SMILES string of the molecule is Cc1cc(NC(=O)c2ccncc2)ncc1[N+](=O)[O-]. The fourth-order valence-electron chi connectivity index (χ4n) is 1.50. The molecular weight excluding hydrogens is 248 g/mol. The van der Waals surface area contributed by atoms with Crippen LogP contribution < -0.4 is 5.32 Å². The Morgan fingerprint density at radius 3 is 2.63 bits per heavy atom. The standard InChI is InChI=1S/C12H10N4O3/c1-8-6-11(14-7-10(8)16(18)19)15-12(17)9-2-4-13-5-3-9/h2-7H,1H3,(H,14,15,17). The lowest BCUT2D eigenvalue weighted by atomic mass is 10.2. The number of hydrogen-bond donors (Lipinski definition) is 1. The summed E-state index contributed by atoms with van der Waals surface area (Å²) in [5.41, 5.74) is 0.791. The fourth-order valence-corrected chi connectivity index (χ4v) is 1.50. The third kappa shape index (κ3) is 2.89. The molecule has 2 aromatic heterocycles. The average Bonchev–Trinajstić information content (AvgIpc) is 2.39. The van der Waals surface area contributed by atoms with Gasteiger partial charge in [0.1, 0.15) is 12.0 Å². The van der Waals surface area contributed by atoms with E-state index in [4.69, 9.17) is 0 Å². The molecule has 0 saturated heterocycles. The van der Waals surface area contributed by atoms with Gasteiger partial charge in [-0.05, 0) is 25.1 Å². The van der Waals surface area contributed by atoms with Crippen molar-refractivity contribution in [3.63, 3.8) is 0 Å². The van der Waals surface area contributed by atoms with E-state index >= 15 is 0 Å². The number of nitrogens with one attached hydrogen (secondary N) is 1. The lowest BCUT2D eigenvalue weighted by Crippen LogP contribution is -2.13. The van der Waals surface area contributed by atoms with Crippen molar-refractivity contribution in [1.82, 2.24) is 9.97 Å². The minimum absolute atomic E-state index is 0.0816. The molecule has 0 aliphatic rings. The Balaban J connectivity index is 2.19. The molecule has 0 saturated carbocycles. The number of rotatable bonds is 3. The molecule has 0 fully saturated rings. The predicted molar refractivity (Wildman–Crippen MR) is 67.8 cm³/mol. The minimum Gasteiger partial charge on any atom is -0.307 e. The van der Waals surface area contributed by atoms with Gasteiger partial charge in [-0.2, -0.15) is 0 Å². The van der Waals surface area contributed by atoms with Crippen molar-refractivity contribution >= 4 is 17.4 Å². The number of pyridine rings is 2. The van der Waals surface area contributed by atoms with Crippen LogP contribution in [0.3, 0.4) is 0 Å². The predicted octanol–water partition coefficient (Wildman–Crippen LogP) is 1.95. The minimum atomic E-state index is -0.517. The van der Waals surface area contributed by atoms with E-state index in [0.29, 0.717) is 11.1 Å². The van der Waals surface area contributed by atoms with Crippen LogP contribution in [0, 0.1) is 17.0 Å². The molecule has 2 aromatic rings. The lowest BCUT2D eigenvalue weighted by molar-refractivity contribution is -0.385. The molecule has 0 bridgehead atoms. The van der Waals surface area contributed by atoms with Gasteiger partial charge in [0.25, 0.3) is 11.6 Å². The van der Waals surface area contributed by atoms with Gasteiger partial charge in [0.2, 0.25) is 0 Å². The highest BCUT2D eigenvalue weighted by molar-refractivity contribution is 6.03. The second kappa shape index (κ2) is 5.21. The molecule has 1 N–H and O–H groups in total. The van der Waals surface area contributed by atoms with Crippen LogP contribution in [0.2, 0.25) is 0 Å². The Morgan fingerprint density at radius 1 is 1.37 bits per heavy atom. The Labute approximate surface area is 108 Å². The zero-order valence-electron chi connectivity index (χ0n) is 10.0. The van der Waals surface area contributed by atoms with Crippen LogP contribution in [-0.2, 0) is 0 Å². The van der Waals surface area contributed by atoms with Crippen molar-refractivity contribution in [2.75, 3.05) is 5.32 Å². The van der Waals surface area contributed by atoms with Crippen LogP contribution in [0.4, 0.5) is 11.5 Å². The second-order valence-corrected chi connectivity index (χ2v) is 3.80. The number of amides is 1. The third-order valence-corrected chi connectivity index (χ3v) is 2.46. The van der Waals surface area contributed by atoms with Crippen LogP contribution in [0.5, 0.6) is 0 Å². The summed E-state index contributed by atoms with van der Waals surface area (Å²) in [6, 6.07) is 4.58. The van der Waals surface area contributed by atoms with Crippen molar-refractivity contribution in [1.29, 1.82) is 0 Å². The molecule has 7 heteroatoms. The molecular formula is C12H10N4O3. The van der Waals surface area contributed by atoms with E-state index in [0.717, 1.165) is 6.20 Å². The van der Waals surface area contributed by atoms with Crippen molar-refractivity contribution in [3.8, 4) is 0 Å². The fraction of sp³-hybridized carbons (Fsp3) is 0.0833. The monoisotopic (exact) mass is 258 g/mol. The number of anilines is 1. The molecule has 96 valence electrons. The number of hydrogen-bond acceptors (Lipinski definition) is 5. The third-order valence-electron chi connectivity index (χ3n) is 2.46. The number of nitro groups is 1. The summed E-state index contributed by atoms with van der Waals surface area (Å²) in [7, 11) is 0. The number of nitrogens with zero attached hydrogens (tertiary/aromatic N) is 3. The molecule has 0 atom stereocenters. The Kier molecular flexibility index (Phi) is 3.46. The van der Waals surface area contributed by atoms with E-state index < -0.39 is 4.92 Å². The van der Waals surface area contributed by atoms with Gasteiger partial charge >= 0.3 is 0 Å². The molecule has 0 unspecified atom stereocenters. The van der Waals surface area contributed by atoms with Crippen molar-refractivity contribution in [3.05, 3.63) is 58.0 Å². The highest BCUT2D eigenvalue weighted by Crippen LogP contribution is 2.19. The first-order chi connectivity index (χ1) is 9.08.